The first-order valence-corrected chi connectivity index (χ1v) is 8.55. The van der Waals surface area contributed by atoms with Crippen LogP contribution in [0.15, 0.2) is 47.0 Å². The van der Waals surface area contributed by atoms with Crippen molar-refractivity contribution in [1.82, 2.24) is 9.72 Å². The molecular formula is C20H21N3O4. The number of aryl methyl sites for hydroxylation is 2. The number of carbonyl (C=O) groups is 2. The quantitative estimate of drug-likeness (QED) is 0.676. The summed E-state index contributed by atoms with van der Waals surface area (Å²) in [6.07, 6.45) is 0. The second kappa shape index (κ2) is 7.90. The van der Waals surface area contributed by atoms with E-state index in [0.29, 0.717) is 17.9 Å². The highest BCUT2D eigenvalue weighted by Crippen LogP contribution is 2.18. The summed E-state index contributed by atoms with van der Waals surface area (Å²) in [6, 6.07) is 13.4. The van der Waals surface area contributed by atoms with Gasteiger partial charge in [0.05, 0.1) is 5.56 Å². The number of carbonyl (C=O) groups excluding carboxylic acids is 2. The maximum atomic E-state index is 12.4. The Morgan fingerprint density at radius 2 is 1.89 bits per heavy atom. The molecule has 0 radical (unpaired) electrons. The SMILES string of the molecule is Cc1cc(NC(=O)COC(=O)c2cc(C)n(Cc3ccccc3)c2C)no1. The van der Waals surface area contributed by atoms with E-state index in [9.17, 15) is 9.59 Å². The van der Waals surface area contributed by atoms with Gasteiger partial charge in [-0.2, -0.15) is 0 Å². The van der Waals surface area contributed by atoms with Crippen molar-refractivity contribution in [1.29, 1.82) is 0 Å². The van der Waals surface area contributed by atoms with Gasteiger partial charge in [0, 0.05) is 24.0 Å². The molecule has 2 aromatic heterocycles. The molecule has 0 saturated heterocycles. The summed E-state index contributed by atoms with van der Waals surface area (Å²) >= 11 is 0. The predicted molar refractivity (Wildman–Crippen MR) is 99.6 cm³/mol. The number of benzene rings is 1. The average molecular weight is 367 g/mol. The maximum absolute atomic E-state index is 12.4. The number of nitrogens with one attached hydrogen (secondary N) is 1. The number of ether oxygens (including phenoxy) is 1. The van der Waals surface area contributed by atoms with Gasteiger partial charge in [0.25, 0.3) is 5.91 Å². The van der Waals surface area contributed by atoms with Crippen LogP contribution in [0.5, 0.6) is 0 Å². The molecule has 0 spiro atoms. The summed E-state index contributed by atoms with van der Waals surface area (Å²) in [5.41, 5.74) is 3.34. The molecule has 0 aliphatic rings. The van der Waals surface area contributed by atoms with Crippen LogP contribution in [0.1, 0.15) is 33.1 Å². The largest absolute Gasteiger partial charge is 0.452 e. The van der Waals surface area contributed by atoms with Crippen molar-refractivity contribution < 1.29 is 18.8 Å². The molecule has 1 aromatic carbocycles. The van der Waals surface area contributed by atoms with Crippen molar-refractivity contribution in [3.05, 3.63) is 70.7 Å². The van der Waals surface area contributed by atoms with Gasteiger partial charge in [-0.15, -0.1) is 0 Å². The lowest BCUT2D eigenvalue weighted by molar-refractivity contribution is -0.119. The van der Waals surface area contributed by atoms with Crippen LogP contribution in [0.2, 0.25) is 0 Å². The third-order valence-corrected chi connectivity index (χ3v) is 4.21. The standard InChI is InChI=1S/C20H21N3O4/c1-13-9-17(15(3)23(13)11-16-7-5-4-6-8-16)20(25)26-12-19(24)21-18-10-14(2)27-22-18/h4-10H,11-12H2,1-3H3,(H,21,22,24). The zero-order valence-electron chi connectivity index (χ0n) is 15.5. The third kappa shape index (κ3) is 4.44. The van der Waals surface area contributed by atoms with Gasteiger partial charge >= 0.3 is 5.97 Å². The van der Waals surface area contributed by atoms with Gasteiger partial charge in [-0.1, -0.05) is 35.5 Å². The molecule has 2 heterocycles. The first-order chi connectivity index (χ1) is 12.9. The molecule has 7 nitrogen and oxygen atoms in total. The lowest BCUT2D eigenvalue weighted by Crippen LogP contribution is -2.21. The summed E-state index contributed by atoms with van der Waals surface area (Å²) in [6.45, 7) is 5.79. The van der Waals surface area contributed by atoms with E-state index in [4.69, 9.17) is 9.26 Å². The normalized spacial score (nSPS) is 10.6. The van der Waals surface area contributed by atoms with Crippen LogP contribution in [0, 0.1) is 20.8 Å². The summed E-state index contributed by atoms with van der Waals surface area (Å²) in [7, 11) is 0. The molecule has 7 heteroatoms. The number of hydrogen-bond donors (Lipinski definition) is 1. The monoisotopic (exact) mass is 367 g/mol. The molecule has 140 valence electrons. The molecule has 0 bridgehead atoms. The van der Waals surface area contributed by atoms with E-state index < -0.39 is 18.5 Å². The van der Waals surface area contributed by atoms with Crippen LogP contribution < -0.4 is 5.32 Å². The van der Waals surface area contributed by atoms with Crippen LogP contribution >= 0.6 is 0 Å². The van der Waals surface area contributed by atoms with Crippen LogP contribution in [0.4, 0.5) is 5.82 Å². The van der Waals surface area contributed by atoms with Crippen LogP contribution in [-0.2, 0) is 16.1 Å². The van der Waals surface area contributed by atoms with E-state index in [0.717, 1.165) is 17.0 Å². The number of nitrogens with zero attached hydrogens (tertiary/aromatic N) is 2. The van der Waals surface area contributed by atoms with E-state index in [1.54, 1.807) is 19.1 Å². The number of esters is 1. The summed E-state index contributed by atoms with van der Waals surface area (Å²) in [5, 5.41) is 6.17. The van der Waals surface area contributed by atoms with Gasteiger partial charge in [-0.25, -0.2) is 4.79 Å². The highest BCUT2D eigenvalue weighted by molar-refractivity contribution is 5.95. The molecular weight excluding hydrogens is 346 g/mol. The Hall–Kier alpha value is -3.35. The van der Waals surface area contributed by atoms with Gasteiger partial charge in [0.2, 0.25) is 0 Å². The minimum absolute atomic E-state index is 0.287. The lowest BCUT2D eigenvalue weighted by atomic mass is 10.2. The average Bonchev–Trinajstić information content (AvgIpc) is 3.18. The highest BCUT2D eigenvalue weighted by atomic mass is 16.5. The molecule has 0 saturated carbocycles. The van der Waals surface area contributed by atoms with Crippen molar-refractivity contribution in [2.75, 3.05) is 11.9 Å². The Morgan fingerprint density at radius 1 is 1.15 bits per heavy atom. The van der Waals surface area contributed by atoms with E-state index in [1.807, 2.05) is 48.7 Å². The molecule has 27 heavy (non-hydrogen) atoms. The second-order valence-corrected chi connectivity index (χ2v) is 6.30. The van der Waals surface area contributed by atoms with Gasteiger partial charge in [-0.3, -0.25) is 4.79 Å². The zero-order valence-corrected chi connectivity index (χ0v) is 15.5. The topological polar surface area (TPSA) is 86.4 Å². The molecule has 3 aromatic rings. The summed E-state index contributed by atoms with van der Waals surface area (Å²) < 4.78 is 12.1. The van der Waals surface area contributed by atoms with Crippen molar-refractivity contribution in [2.45, 2.75) is 27.3 Å². The van der Waals surface area contributed by atoms with Crippen LogP contribution in [0.3, 0.4) is 0 Å². The van der Waals surface area contributed by atoms with Gasteiger partial charge in [0.1, 0.15) is 5.76 Å². The van der Waals surface area contributed by atoms with Gasteiger partial charge in [-0.05, 0) is 32.4 Å². The number of aromatic nitrogens is 2. The van der Waals surface area contributed by atoms with Crippen LogP contribution in [-0.4, -0.2) is 28.2 Å². The Kier molecular flexibility index (Phi) is 5.40. The molecule has 0 unspecified atom stereocenters. The number of amides is 1. The van der Waals surface area contributed by atoms with E-state index in [2.05, 4.69) is 10.5 Å². The van der Waals surface area contributed by atoms with Gasteiger partial charge < -0.3 is 19.1 Å². The van der Waals surface area contributed by atoms with Crippen molar-refractivity contribution in [2.24, 2.45) is 0 Å². The van der Waals surface area contributed by atoms with Crippen molar-refractivity contribution in [3.8, 4) is 0 Å². The predicted octanol–water partition coefficient (Wildman–Crippen LogP) is 3.25. The number of hydrogen-bond acceptors (Lipinski definition) is 5. The number of anilines is 1. The Balaban J connectivity index is 1.63. The maximum Gasteiger partial charge on any atom is 0.340 e. The second-order valence-electron chi connectivity index (χ2n) is 6.30. The highest BCUT2D eigenvalue weighted by Gasteiger charge is 2.18. The summed E-state index contributed by atoms with van der Waals surface area (Å²) in [4.78, 5) is 24.3. The molecule has 1 N–H and O–H groups in total. The fourth-order valence-electron chi connectivity index (χ4n) is 2.83. The molecule has 1 amide bonds. The molecule has 3 rings (SSSR count). The smallest absolute Gasteiger partial charge is 0.340 e. The first kappa shape index (κ1) is 18.4. The van der Waals surface area contributed by atoms with Crippen molar-refractivity contribution in [3.63, 3.8) is 0 Å². The van der Waals surface area contributed by atoms with E-state index >= 15 is 0 Å². The zero-order chi connectivity index (χ0) is 19.4. The number of rotatable bonds is 6. The van der Waals surface area contributed by atoms with Crippen LogP contribution in [0.25, 0.3) is 0 Å². The molecule has 0 fully saturated rings. The van der Waals surface area contributed by atoms with Gasteiger partial charge in [0.15, 0.2) is 12.4 Å². The fraction of sp³-hybridized carbons (Fsp3) is 0.250. The molecule has 0 atom stereocenters. The molecule has 0 aliphatic heterocycles. The fourth-order valence-corrected chi connectivity index (χ4v) is 2.83. The minimum Gasteiger partial charge on any atom is -0.452 e. The summed E-state index contributed by atoms with van der Waals surface area (Å²) in [5.74, 6) is -0.147. The first-order valence-electron chi connectivity index (χ1n) is 8.55. The van der Waals surface area contributed by atoms with E-state index in [1.165, 1.54) is 0 Å². The Morgan fingerprint density at radius 3 is 2.56 bits per heavy atom. The Bertz CT molecular complexity index is 957. The third-order valence-electron chi connectivity index (χ3n) is 4.21. The minimum atomic E-state index is -0.533. The molecule has 0 aliphatic carbocycles. The lowest BCUT2D eigenvalue weighted by Gasteiger charge is -2.10. The van der Waals surface area contributed by atoms with Crippen molar-refractivity contribution >= 4 is 17.7 Å². The Labute approximate surface area is 156 Å². The van der Waals surface area contributed by atoms with E-state index in [-0.39, 0.29) is 5.82 Å².